The maximum atomic E-state index is 11.4. The molecule has 96 valence electrons. The van der Waals surface area contributed by atoms with Crippen molar-refractivity contribution in [3.05, 3.63) is 35.9 Å². The number of carboxylic acid groups (broad SMARTS) is 1. The van der Waals surface area contributed by atoms with Crippen LogP contribution in [0.25, 0.3) is 0 Å². The van der Waals surface area contributed by atoms with Gasteiger partial charge in [0, 0.05) is 13.1 Å². The van der Waals surface area contributed by atoms with Crippen molar-refractivity contribution >= 4 is 5.97 Å². The number of rotatable bonds is 4. The average molecular weight is 245 g/mol. The lowest BCUT2D eigenvalue weighted by atomic mass is 9.63. The molecule has 18 heavy (non-hydrogen) atoms. The largest absolute Gasteiger partial charge is 0.480 e. The molecule has 1 spiro atoms. The Morgan fingerprint density at radius 1 is 1.28 bits per heavy atom. The molecule has 1 atom stereocenters. The van der Waals surface area contributed by atoms with E-state index in [-0.39, 0.29) is 6.04 Å². The first-order valence-corrected chi connectivity index (χ1v) is 6.69. The molecule has 1 N–H and O–H groups in total. The van der Waals surface area contributed by atoms with Crippen LogP contribution in [0.15, 0.2) is 30.3 Å². The monoisotopic (exact) mass is 245 g/mol. The van der Waals surface area contributed by atoms with Crippen molar-refractivity contribution in [3.8, 4) is 0 Å². The van der Waals surface area contributed by atoms with Gasteiger partial charge in [-0.3, -0.25) is 9.69 Å². The molecule has 0 aromatic heterocycles. The number of nitrogens with zero attached hydrogens (tertiary/aromatic N) is 1. The molecule has 3 heteroatoms. The molecule has 0 radical (unpaired) electrons. The van der Waals surface area contributed by atoms with Gasteiger partial charge in [0.05, 0.1) is 0 Å². The van der Waals surface area contributed by atoms with Crippen LogP contribution < -0.4 is 0 Å². The Morgan fingerprint density at radius 3 is 2.44 bits per heavy atom. The summed E-state index contributed by atoms with van der Waals surface area (Å²) in [6.45, 7) is 1.97. The second-order valence-corrected chi connectivity index (χ2v) is 5.80. The molecule has 1 saturated carbocycles. The molecule has 1 saturated heterocycles. The maximum Gasteiger partial charge on any atom is 0.321 e. The molecule has 1 aromatic rings. The van der Waals surface area contributed by atoms with E-state index < -0.39 is 5.97 Å². The van der Waals surface area contributed by atoms with E-state index in [1.54, 1.807) is 0 Å². The first-order chi connectivity index (χ1) is 8.69. The molecular weight excluding hydrogens is 226 g/mol. The predicted octanol–water partition coefficient (Wildman–Crippen LogP) is 2.17. The van der Waals surface area contributed by atoms with Crippen molar-refractivity contribution in [3.63, 3.8) is 0 Å². The summed E-state index contributed by atoms with van der Waals surface area (Å²) >= 11 is 0. The molecule has 3 rings (SSSR count). The average Bonchev–Trinajstić information content (AvgIpc) is 2.25. The summed E-state index contributed by atoms with van der Waals surface area (Å²) in [5.74, 6) is -0.687. The van der Waals surface area contributed by atoms with Crippen LogP contribution in [0.5, 0.6) is 0 Å². The molecule has 0 bridgehead atoms. The van der Waals surface area contributed by atoms with Crippen LogP contribution in [0.3, 0.4) is 0 Å². The zero-order valence-corrected chi connectivity index (χ0v) is 10.5. The van der Waals surface area contributed by atoms with Gasteiger partial charge in [0.15, 0.2) is 0 Å². The van der Waals surface area contributed by atoms with Gasteiger partial charge in [-0.05, 0) is 30.2 Å². The van der Waals surface area contributed by atoms with E-state index >= 15 is 0 Å². The van der Waals surface area contributed by atoms with E-state index in [0.717, 1.165) is 18.7 Å². The molecule has 0 amide bonds. The lowest BCUT2D eigenvalue weighted by Gasteiger charge is -2.57. The highest BCUT2D eigenvalue weighted by atomic mass is 16.4. The van der Waals surface area contributed by atoms with Gasteiger partial charge in [0.25, 0.3) is 0 Å². The lowest BCUT2D eigenvalue weighted by molar-refractivity contribution is -0.153. The Labute approximate surface area is 107 Å². The van der Waals surface area contributed by atoms with E-state index in [1.807, 2.05) is 30.3 Å². The topological polar surface area (TPSA) is 40.5 Å². The molecule has 2 fully saturated rings. The van der Waals surface area contributed by atoms with Gasteiger partial charge >= 0.3 is 5.97 Å². The summed E-state index contributed by atoms with van der Waals surface area (Å²) in [7, 11) is 0. The minimum atomic E-state index is -0.687. The van der Waals surface area contributed by atoms with Crippen LogP contribution in [-0.4, -0.2) is 35.1 Å². The Morgan fingerprint density at radius 2 is 1.94 bits per heavy atom. The number of aliphatic carboxylic acids is 1. The van der Waals surface area contributed by atoms with Crippen LogP contribution in [-0.2, 0) is 11.2 Å². The highest BCUT2D eigenvalue weighted by Crippen LogP contribution is 2.48. The third kappa shape index (κ3) is 2.03. The van der Waals surface area contributed by atoms with E-state index in [9.17, 15) is 9.90 Å². The molecule has 1 heterocycles. The Balaban J connectivity index is 1.64. The molecule has 1 aromatic carbocycles. The minimum absolute atomic E-state index is 0.348. The second kappa shape index (κ2) is 4.39. The third-order valence-electron chi connectivity index (χ3n) is 4.49. The summed E-state index contributed by atoms with van der Waals surface area (Å²) < 4.78 is 0. The van der Waals surface area contributed by atoms with Gasteiger partial charge in [0.2, 0.25) is 0 Å². The Kier molecular flexibility index (Phi) is 2.86. The maximum absolute atomic E-state index is 11.4. The van der Waals surface area contributed by atoms with Crippen LogP contribution in [0.4, 0.5) is 0 Å². The fourth-order valence-corrected chi connectivity index (χ4v) is 3.24. The summed E-state index contributed by atoms with van der Waals surface area (Å²) in [5.41, 5.74) is 1.60. The smallest absolute Gasteiger partial charge is 0.321 e. The van der Waals surface area contributed by atoms with Crippen molar-refractivity contribution in [1.29, 1.82) is 0 Å². The SMILES string of the molecule is O=C(O)C(Cc1ccccc1)N1CC2(CCC2)C1. The van der Waals surface area contributed by atoms with E-state index in [1.165, 1.54) is 19.3 Å². The standard InChI is InChI=1S/C15H19NO2/c17-14(18)13(9-12-5-2-1-3-6-12)16-10-15(11-16)7-4-8-15/h1-3,5-6,13H,4,7-11H2,(H,17,18). The first-order valence-electron chi connectivity index (χ1n) is 6.69. The van der Waals surface area contributed by atoms with Crippen molar-refractivity contribution in [2.75, 3.05) is 13.1 Å². The van der Waals surface area contributed by atoms with Crippen molar-refractivity contribution in [2.45, 2.75) is 31.7 Å². The first kappa shape index (κ1) is 11.7. The normalized spacial score (nSPS) is 23.1. The number of carbonyl (C=O) groups is 1. The van der Waals surface area contributed by atoms with Gasteiger partial charge in [-0.15, -0.1) is 0 Å². The fraction of sp³-hybridized carbons (Fsp3) is 0.533. The minimum Gasteiger partial charge on any atom is -0.480 e. The summed E-state index contributed by atoms with van der Waals surface area (Å²) in [4.78, 5) is 13.5. The molecule has 1 unspecified atom stereocenters. The van der Waals surface area contributed by atoms with Gasteiger partial charge in [-0.2, -0.15) is 0 Å². The number of benzene rings is 1. The summed E-state index contributed by atoms with van der Waals surface area (Å²) in [5, 5.41) is 9.39. The van der Waals surface area contributed by atoms with Crippen LogP contribution >= 0.6 is 0 Å². The Hall–Kier alpha value is -1.35. The molecule has 3 nitrogen and oxygen atoms in total. The Bertz CT molecular complexity index is 431. The number of likely N-dealkylation sites (tertiary alicyclic amines) is 1. The number of hydrogen-bond acceptors (Lipinski definition) is 2. The van der Waals surface area contributed by atoms with Crippen LogP contribution in [0.2, 0.25) is 0 Å². The fourth-order valence-electron chi connectivity index (χ4n) is 3.24. The molecule has 1 aliphatic heterocycles. The van der Waals surface area contributed by atoms with Gasteiger partial charge in [0.1, 0.15) is 6.04 Å². The van der Waals surface area contributed by atoms with Crippen LogP contribution in [0.1, 0.15) is 24.8 Å². The highest BCUT2D eigenvalue weighted by Gasteiger charge is 2.50. The highest BCUT2D eigenvalue weighted by molar-refractivity contribution is 5.74. The lowest BCUT2D eigenvalue weighted by Crippen LogP contribution is -2.64. The summed E-state index contributed by atoms with van der Waals surface area (Å²) in [6.07, 6.45) is 4.53. The number of carboxylic acids is 1. The molecular formula is C15H19NO2. The zero-order valence-electron chi connectivity index (χ0n) is 10.5. The van der Waals surface area contributed by atoms with Crippen molar-refractivity contribution < 1.29 is 9.90 Å². The zero-order chi connectivity index (χ0) is 12.6. The van der Waals surface area contributed by atoms with Crippen LogP contribution in [0, 0.1) is 5.41 Å². The second-order valence-electron chi connectivity index (χ2n) is 5.80. The molecule has 2 aliphatic rings. The predicted molar refractivity (Wildman–Crippen MR) is 69.4 cm³/mol. The number of hydrogen-bond donors (Lipinski definition) is 1. The third-order valence-corrected chi connectivity index (χ3v) is 4.49. The quantitative estimate of drug-likeness (QED) is 0.883. The van der Waals surface area contributed by atoms with Gasteiger partial charge < -0.3 is 5.11 Å². The summed E-state index contributed by atoms with van der Waals surface area (Å²) in [6, 6.07) is 9.57. The van der Waals surface area contributed by atoms with E-state index in [2.05, 4.69) is 4.90 Å². The van der Waals surface area contributed by atoms with Gasteiger partial charge in [-0.1, -0.05) is 36.8 Å². The van der Waals surface area contributed by atoms with Gasteiger partial charge in [-0.25, -0.2) is 0 Å². The van der Waals surface area contributed by atoms with E-state index in [4.69, 9.17) is 0 Å². The van der Waals surface area contributed by atoms with Crippen molar-refractivity contribution in [1.82, 2.24) is 4.90 Å². The van der Waals surface area contributed by atoms with Crippen molar-refractivity contribution in [2.24, 2.45) is 5.41 Å². The van der Waals surface area contributed by atoms with E-state index in [0.29, 0.717) is 11.8 Å². The molecule has 1 aliphatic carbocycles.